The molecule has 0 saturated heterocycles. The molecular formula is C13H17ClFN. The van der Waals surface area contributed by atoms with Crippen LogP contribution in [0.3, 0.4) is 0 Å². The van der Waals surface area contributed by atoms with Gasteiger partial charge in [-0.2, -0.15) is 0 Å². The monoisotopic (exact) mass is 241 g/mol. The predicted octanol–water partition coefficient (Wildman–Crippen LogP) is 4.64. The third kappa shape index (κ3) is 4.23. The Labute approximate surface area is 101 Å². The third-order valence-corrected chi connectivity index (χ3v) is 2.66. The van der Waals surface area contributed by atoms with Crippen molar-refractivity contribution in [2.24, 2.45) is 0 Å². The third-order valence-electron chi connectivity index (χ3n) is 2.35. The van der Waals surface area contributed by atoms with Crippen LogP contribution in [0.1, 0.15) is 25.7 Å². The minimum atomic E-state index is -0.293. The molecular weight excluding hydrogens is 225 g/mol. The number of nitrogens with one attached hydrogen (secondary N) is 1. The van der Waals surface area contributed by atoms with Crippen molar-refractivity contribution in [3.8, 4) is 0 Å². The molecule has 0 aromatic heterocycles. The Bertz CT molecular complexity index is 318. The minimum absolute atomic E-state index is 0.293. The molecule has 16 heavy (non-hydrogen) atoms. The molecule has 1 aromatic carbocycles. The molecule has 0 saturated carbocycles. The maximum absolute atomic E-state index is 13.3. The summed E-state index contributed by atoms with van der Waals surface area (Å²) in [6, 6.07) is 4.70. The molecule has 1 aromatic rings. The molecule has 1 rings (SSSR count). The summed E-state index contributed by atoms with van der Waals surface area (Å²) in [5.74, 6) is -0.293. The molecule has 0 fully saturated rings. The molecule has 0 aliphatic heterocycles. The lowest BCUT2D eigenvalue weighted by Gasteiger charge is -2.08. The second-order valence-electron chi connectivity index (χ2n) is 3.66. The van der Waals surface area contributed by atoms with Crippen LogP contribution in [0.15, 0.2) is 30.9 Å². The predicted molar refractivity (Wildman–Crippen MR) is 68.6 cm³/mol. The van der Waals surface area contributed by atoms with Gasteiger partial charge in [0.05, 0.1) is 10.7 Å². The van der Waals surface area contributed by atoms with Gasteiger partial charge in [0.1, 0.15) is 5.82 Å². The molecule has 0 bridgehead atoms. The highest BCUT2D eigenvalue weighted by atomic mass is 35.5. The van der Waals surface area contributed by atoms with Crippen LogP contribution in [-0.2, 0) is 0 Å². The molecule has 0 atom stereocenters. The highest BCUT2D eigenvalue weighted by Crippen LogP contribution is 2.24. The van der Waals surface area contributed by atoms with Crippen molar-refractivity contribution in [1.29, 1.82) is 0 Å². The molecule has 0 aliphatic carbocycles. The van der Waals surface area contributed by atoms with Gasteiger partial charge in [-0.15, -0.1) is 6.58 Å². The molecule has 0 amide bonds. The smallest absolute Gasteiger partial charge is 0.147 e. The van der Waals surface area contributed by atoms with Crippen LogP contribution in [-0.4, -0.2) is 6.54 Å². The van der Waals surface area contributed by atoms with Crippen molar-refractivity contribution < 1.29 is 4.39 Å². The summed E-state index contributed by atoms with van der Waals surface area (Å²) in [6.45, 7) is 4.41. The normalized spacial score (nSPS) is 10.1. The van der Waals surface area contributed by atoms with E-state index < -0.39 is 0 Å². The van der Waals surface area contributed by atoms with E-state index in [1.54, 1.807) is 12.1 Å². The van der Waals surface area contributed by atoms with Gasteiger partial charge in [0.15, 0.2) is 0 Å². The number of halogens is 2. The van der Waals surface area contributed by atoms with Crippen molar-refractivity contribution in [3.63, 3.8) is 0 Å². The first-order chi connectivity index (χ1) is 7.75. The molecule has 88 valence electrons. The Balaban J connectivity index is 2.29. The van der Waals surface area contributed by atoms with Gasteiger partial charge in [-0.3, -0.25) is 0 Å². The Morgan fingerprint density at radius 1 is 1.31 bits per heavy atom. The van der Waals surface area contributed by atoms with Crippen LogP contribution in [0.5, 0.6) is 0 Å². The van der Waals surface area contributed by atoms with Gasteiger partial charge in [0.25, 0.3) is 0 Å². The van der Waals surface area contributed by atoms with Crippen molar-refractivity contribution in [1.82, 2.24) is 0 Å². The average Bonchev–Trinajstić information content (AvgIpc) is 2.26. The molecule has 1 N–H and O–H groups in total. The SMILES string of the molecule is C=CCCCCCNc1c(F)cccc1Cl. The second-order valence-corrected chi connectivity index (χ2v) is 4.07. The lowest BCUT2D eigenvalue weighted by molar-refractivity contribution is 0.628. The van der Waals surface area contributed by atoms with Crippen molar-refractivity contribution >= 4 is 17.3 Å². The number of para-hydroxylation sites is 1. The fourth-order valence-electron chi connectivity index (χ4n) is 1.47. The van der Waals surface area contributed by atoms with Crippen LogP contribution >= 0.6 is 11.6 Å². The van der Waals surface area contributed by atoms with Gasteiger partial charge in [-0.1, -0.05) is 30.2 Å². The van der Waals surface area contributed by atoms with Crippen LogP contribution < -0.4 is 5.32 Å². The maximum atomic E-state index is 13.3. The first-order valence-corrected chi connectivity index (χ1v) is 5.92. The Morgan fingerprint density at radius 2 is 2.12 bits per heavy atom. The second kappa shape index (κ2) is 7.29. The van der Waals surface area contributed by atoms with E-state index in [9.17, 15) is 4.39 Å². The molecule has 3 heteroatoms. The van der Waals surface area contributed by atoms with Gasteiger partial charge in [-0.25, -0.2) is 4.39 Å². The summed E-state index contributed by atoms with van der Waals surface area (Å²) in [6.07, 6.45) is 6.22. The Hall–Kier alpha value is -1.02. The summed E-state index contributed by atoms with van der Waals surface area (Å²) in [5.41, 5.74) is 0.410. The Kier molecular flexibility index (Phi) is 5.94. The molecule has 0 spiro atoms. The molecule has 1 nitrogen and oxygen atoms in total. The molecule has 0 unspecified atom stereocenters. The van der Waals surface area contributed by atoms with Gasteiger partial charge in [0, 0.05) is 6.54 Å². The largest absolute Gasteiger partial charge is 0.381 e. The zero-order valence-corrected chi connectivity index (χ0v) is 10.1. The average molecular weight is 242 g/mol. The first-order valence-electron chi connectivity index (χ1n) is 5.54. The number of rotatable bonds is 7. The van der Waals surface area contributed by atoms with E-state index >= 15 is 0 Å². The zero-order chi connectivity index (χ0) is 11.8. The molecule has 0 heterocycles. The van der Waals surface area contributed by atoms with E-state index in [2.05, 4.69) is 11.9 Å². The lowest BCUT2D eigenvalue weighted by atomic mass is 10.2. The quantitative estimate of drug-likeness (QED) is 0.542. The van der Waals surface area contributed by atoms with Gasteiger partial charge in [0.2, 0.25) is 0 Å². The first kappa shape index (κ1) is 13.0. The van der Waals surface area contributed by atoms with Crippen molar-refractivity contribution in [3.05, 3.63) is 41.7 Å². The van der Waals surface area contributed by atoms with Crippen molar-refractivity contribution in [2.45, 2.75) is 25.7 Å². The van der Waals surface area contributed by atoms with Crippen LogP contribution in [0.4, 0.5) is 10.1 Å². The number of allylic oxidation sites excluding steroid dienone is 1. The fourth-order valence-corrected chi connectivity index (χ4v) is 1.70. The topological polar surface area (TPSA) is 12.0 Å². The highest BCUT2D eigenvalue weighted by molar-refractivity contribution is 6.33. The fraction of sp³-hybridized carbons (Fsp3) is 0.385. The van der Waals surface area contributed by atoms with Crippen LogP contribution in [0.2, 0.25) is 5.02 Å². The van der Waals surface area contributed by atoms with Crippen LogP contribution in [0, 0.1) is 5.82 Å². The van der Waals surface area contributed by atoms with Gasteiger partial charge in [-0.05, 0) is 31.4 Å². The van der Waals surface area contributed by atoms with Crippen molar-refractivity contribution in [2.75, 3.05) is 11.9 Å². The van der Waals surface area contributed by atoms with Crippen LogP contribution in [0.25, 0.3) is 0 Å². The Morgan fingerprint density at radius 3 is 2.81 bits per heavy atom. The number of benzene rings is 1. The lowest BCUT2D eigenvalue weighted by Crippen LogP contribution is -2.03. The highest BCUT2D eigenvalue weighted by Gasteiger charge is 2.04. The zero-order valence-electron chi connectivity index (χ0n) is 9.31. The number of hydrogen-bond donors (Lipinski definition) is 1. The standard InChI is InChI=1S/C13H17ClFN/c1-2-3-4-5-6-10-16-13-11(14)8-7-9-12(13)15/h2,7-9,16H,1,3-6,10H2. The summed E-state index contributed by atoms with van der Waals surface area (Å²) in [5, 5.41) is 3.46. The molecule has 0 radical (unpaired) electrons. The number of anilines is 1. The van der Waals surface area contributed by atoms with E-state index in [1.165, 1.54) is 6.07 Å². The van der Waals surface area contributed by atoms with E-state index in [-0.39, 0.29) is 5.82 Å². The van der Waals surface area contributed by atoms with E-state index in [1.807, 2.05) is 6.08 Å². The van der Waals surface area contributed by atoms with Gasteiger partial charge >= 0.3 is 0 Å². The summed E-state index contributed by atoms with van der Waals surface area (Å²) in [7, 11) is 0. The minimum Gasteiger partial charge on any atom is -0.381 e. The summed E-state index contributed by atoms with van der Waals surface area (Å²) < 4.78 is 13.3. The maximum Gasteiger partial charge on any atom is 0.147 e. The van der Waals surface area contributed by atoms with E-state index in [0.717, 1.165) is 32.2 Å². The van der Waals surface area contributed by atoms with E-state index in [4.69, 9.17) is 11.6 Å². The molecule has 0 aliphatic rings. The van der Waals surface area contributed by atoms with E-state index in [0.29, 0.717) is 10.7 Å². The number of hydrogen-bond acceptors (Lipinski definition) is 1. The summed E-state index contributed by atoms with van der Waals surface area (Å²) >= 11 is 5.88. The van der Waals surface area contributed by atoms with Gasteiger partial charge < -0.3 is 5.32 Å². The summed E-state index contributed by atoms with van der Waals surface area (Å²) in [4.78, 5) is 0. The number of unbranched alkanes of at least 4 members (excludes halogenated alkanes) is 3.